The first-order valence-electron chi connectivity index (χ1n) is 9.19. The van der Waals surface area contributed by atoms with Crippen molar-refractivity contribution in [3.05, 3.63) is 50.7 Å². The maximum Gasteiger partial charge on any atom is 0.277 e. The Morgan fingerprint density at radius 1 is 1.07 bits per heavy atom. The van der Waals surface area contributed by atoms with Crippen molar-refractivity contribution in [2.45, 2.75) is 47.5 Å². The molecule has 0 aliphatic carbocycles. The van der Waals surface area contributed by atoms with Gasteiger partial charge in [0.1, 0.15) is 5.71 Å². The summed E-state index contributed by atoms with van der Waals surface area (Å²) in [5, 5.41) is 4.41. The standard InChI is InChI=1S/C21H27N5O/c1-11(2)17-14(5)21(27)26-20(23-17)19(15(6)24-26)22-18-12(3)9-16(25(7)8)10-13(18)4/h9-11H,1-8H3. The van der Waals surface area contributed by atoms with Crippen molar-refractivity contribution in [3.63, 3.8) is 0 Å². The molecule has 0 saturated carbocycles. The second kappa shape index (κ2) is 6.76. The Morgan fingerprint density at radius 3 is 2.19 bits per heavy atom. The van der Waals surface area contributed by atoms with Crippen LogP contribution < -0.4 is 10.5 Å². The normalized spacial score (nSPS) is 14.7. The van der Waals surface area contributed by atoms with Gasteiger partial charge < -0.3 is 4.90 Å². The minimum atomic E-state index is -0.121. The summed E-state index contributed by atoms with van der Waals surface area (Å²) in [6.45, 7) is 11.9. The van der Waals surface area contributed by atoms with Gasteiger partial charge in [0, 0.05) is 25.3 Å². The highest BCUT2D eigenvalue weighted by atomic mass is 16.1. The molecule has 2 aromatic rings. The Morgan fingerprint density at radius 2 is 1.67 bits per heavy atom. The molecule has 0 spiro atoms. The second-order valence-corrected chi connectivity index (χ2v) is 7.69. The average Bonchev–Trinajstić information content (AvgIpc) is 2.89. The number of anilines is 1. The van der Waals surface area contributed by atoms with Crippen molar-refractivity contribution in [1.82, 2.24) is 9.66 Å². The number of fused-ring (bicyclic) bond motifs is 1. The van der Waals surface area contributed by atoms with Crippen molar-refractivity contribution >= 4 is 22.8 Å². The summed E-state index contributed by atoms with van der Waals surface area (Å²) in [6, 6.07) is 4.23. The number of benzene rings is 1. The fraction of sp³-hybridized carbons (Fsp3) is 0.429. The van der Waals surface area contributed by atoms with Gasteiger partial charge in [0.15, 0.2) is 5.82 Å². The van der Waals surface area contributed by atoms with E-state index in [1.807, 2.05) is 41.8 Å². The van der Waals surface area contributed by atoms with E-state index < -0.39 is 0 Å². The lowest BCUT2D eigenvalue weighted by atomic mass is 10.1. The first-order chi connectivity index (χ1) is 12.6. The molecular formula is C21H27N5O. The Kier molecular flexibility index (Phi) is 4.76. The van der Waals surface area contributed by atoms with Gasteiger partial charge in [-0.05, 0) is 56.9 Å². The summed E-state index contributed by atoms with van der Waals surface area (Å²) in [4.78, 5) is 24.5. The van der Waals surface area contributed by atoms with Crippen molar-refractivity contribution in [1.29, 1.82) is 0 Å². The van der Waals surface area contributed by atoms with Crippen LogP contribution in [0.1, 0.15) is 54.9 Å². The SMILES string of the molecule is CC1=Nn2c(nc(C(C)C)c(C)c2=O)C1=Nc1c(C)cc(N(C)C)cc1C. The van der Waals surface area contributed by atoms with E-state index in [2.05, 4.69) is 36.0 Å². The van der Waals surface area contributed by atoms with Crippen LogP contribution in [0.15, 0.2) is 27.0 Å². The van der Waals surface area contributed by atoms with Crippen molar-refractivity contribution in [3.8, 4) is 0 Å². The van der Waals surface area contributed by atoms with E-state index in [9.17, 15) is 4.79 Å². The largest absolute Gasteiger partial charge is 0.378 e. The maximum atomic E-state index is 12.7. The van der Waals surface area contributed by atoms with Crippen LogP contribution >= 0.6 is 0 Å². The van der Waals surface area contributed by atoms with E-state index in [0.29, 0.717) is 22.8 Å². The Labute approximate surface area is 160 Å². The van der Waals surface area contributed by atoms with Crippen LogP contribution in [-0.4, -0.2) is 35.2 Å². The molecule has 1 aromatic carbocycles. The average molecular weight is 365 g/mol. The molecule has 3 rings (SSSR count). The number of hydrogen-bond acceptors (Lipinski definition) is 5. The molecule has 0 atom stereocenters. The zero-order valence-electron chi connectivity index (χ0n) is 17.4. The molecule has 0 unspecified atom stereocenters. The number of nitrogens with zero attached hydrogens (tertiary/aromatic N) is 5. The molecule has 0 bridgehead atoms. The molecule has 142 valence electrons. The van der Waals surface area contributed by atoms with Gasteiger partial charge in [-0.2, -0.15) is 9.78 Å². The molecule has 0 amide bonds. The van der Waals surface area contributed by atoms with E-state index in [1.54, 1.807) is 0 Å². The Hall–Kier alpha value is -2.76. The molecule has 0 saturated heterocycles. The molecule has 6 heteroatoms. The Balaban J connectivity index is 2.22. The molecule has 1 aliphatic rings. The van der Waals surface area contributed by atoms with Crippen molar-refractivity contribution < 1.29 is 0 Å². The molecule has 27 heavy (non-hydrogen) atoms. The summed E-state index contributed by atoms with van der Waals surface area (Å²) in [5.74, 6) is 0.691. The van der Waals surface area contributed by atoms with E-state index in [-0.39, 0.29) is 11.5 Å². The van der Waals surface area contributed by atoms with Crippen LogP contribution in [-0.2, 0) is 0 Å². The van der Waals surface area contributed by atoms with Gasteiger partial charge in [-0.1, -0.05) is 13.8 Å². The predicted octanol–water partition coefficient (Wildman–Crippen LogP) is 3.72. The fourth-order valence-corrected chi connectivity index (χ4v) is 3.39. The number of rotatable bonds is 3. The molecule has 0 N–H and O–H groups in total. The number of aromatic nitrogens is 2. The van der Waals surface area contributed by atoms with Gasteiger partial charge >= 0.3 is 0 Å². The van der Waals surface area contributed by atoms with Crippen LogP contribution in [0.4, 0.5) is 11.4 Å². The van der Waals surface area contributed by atoms with Gasteiger partial charge in [0.25, 0.3) is 5.56 Å². The minimum Gasteiger partial charge on any atom is -0.378 e. The molecule has 1 aliphatic heterocycles. The summed E-state index contributed by atoms with van der Waals surface area (Å²) in [7, 11) is 4.05. The third-order valence-corrected chi connectivity index (χ3v) is 4.89. The quantitative estimate of drug-likeness (QED) is 0.833. The van der Waals surface area contributed by atoms with E-state index >= 15 is 0 Å². The molecular weight excluding hydrogens is 338 g/mol. The molecule has 1 aromatic heterocycles. The van der Waals surface area contributed by atoms with E-state index in [4.69, 9.17) is 9.98 Å². The molecule has 6 nitrogen and oxygen atoms in total. The van der Waals surface area contributed by atoms with E-state index in [1.165, 1.54) is 4.68 Å². The van der Waals surface area contributed by atoms with Gasteiger partial charge in [0.05, 0.1) is 17.1 Å². The number of aliphatic imine (C=N–C) groups is 1. The highest BCUT2D eigenvalue weighted by Gasteiger charge is 2.26. The first kappa shape index (κ1) is 19.0. The third-order valence-electron chi connectivity index (χ3n) is 4.89. The van der Waals surface area contributed by atoms with Gasteiger partial charge in [0.2, 0.25) is 0 Å². The zero-order chi connectivity index (χ0) is 20.0. The van der Waals surface area contributed by atoms with Gasteiger partial charge in [-0.15, -0.1) is 0 Å². The summed E-state index contributed by atoms with van der Waals surface area (Å²) in [6.07, 6.45) is 0. The first-order valence-corrected chi connectivity index (χ1v) is 9.19. The number of aryl methyl sites for hydroxylation is 2. The van der Waals surface area contributed by atoms with Crippen molar-refractivity contribution in [2.75, 3.05) is 19.0 Å². The monoisotopic (exact) mass is 365 g/mol. The van der Waals surface area contributed by atoms with Crippen LogP contribution in [0.25, 0.3) is 0 Å². The Bertz CT molecular complexity index is 1020. The highest BCUT2D eigenvalue weighted by Crippen LogP contribution is 2.30. The second-order valence-electron chi connectivity index (χ2n) is 7.69. The predicted molar refractivity (Wildman–Crippen MR) is 112 cm³/mol. The lowest BCUT2D eigenvalue weighted by Crippen LogP contribution is -2.26. The highest BCUT2D eigenvalue weighted by molar-refractivity contribution is 6.48. The van der Waals surface area contributed by atoms with Crippen LogP contribution in [0.5, 0.6) is 0 Å². The van der Waals surface area contributed by atoms with Gasteiger partial charge in [-0.25, -0.2) is 9.98 Å². The van der Waals surface area contributed by atoms with E-state index in [0.717, 1.165) is 28.2 Å². The molecule has 0 fully saturated rings. The molecule has 0 radical (unpaired) electrons. The smallest absolute Gasteiger partial charge is 0.277 e. The number of hydrogen-bond donors (Lipinski definition) is 0. The summed E-state index contributed by atoms with van der Waals surface area (Å²) >= 11 is 0. The minimum absolute atomic E-state index is 0.121. The summed E-state index contributed by atoms with van der Waals surface area (Å²) in [5.41, 5.74) is 6.90. The maximum absolute atomic E-state index is 12.7. The van der Waals surface area contributed by atoms with Crippen molar-refractivity contribution in [2.24, 2.45) is 10.1 Å². The van der Waals surface area contributed by atoms with Crippen LogP contribution in [0, 0.1) is 20.8 Å². The van der Waals surface area contributed by atoms with Crippen LogP contribution in [0.3, 0.4) is 0 Å². The third kappa shape index (κ3) is 3.20. The molecule has 2 heterocycles. The van der Waals surface area contributed by atoms with Crippen LogP contribution in [0.2, 0.25) is 0 Å². The topological polar surface area (TPSA) is 62.9 Å². The van der Waals surface area contributed by atoms with Gasteiger partial charge in [-0.3, -0.25) is 4.79 Å². The lowest BCUT2D eigenvalue weighted by Gasteiger charge is -2.16. The summed E-state index contributed by atoms with van der Waals surface area (Å²) < 4.78 is 1.38. The zero-order valence-corrected chi connectivity index (χ0v) is 17.4. The fourth-order valence-electron chi connectivity index (χ4n) is 3.39. The lowest BCUT2D eigenvalue weighted by molar-refractivity contribution is 0.729.